The van der Waals surface area contributed by atoms with Crippen LogP contribution in [-0.2, 0) is 11.3 Å². The van der Waals surface area contributed by atoms with Gasteiger partial charge in [0.25, 0.3) is 0 Å². The Morgan fingerprint density at radius 2 is 2.36 bits per heavy atom. The minimum Gasteiger partial charge on any atom is -0.396 e. The molecular formula is C15H20N4O2S. The van der Waals surface area contributed by atoms with Crippen LogP contribution in [0.3, 0.4) is 0 Å². The van der Waals surface area contributed by atoms with Crippen molar-refractivity contribution in [3.8, 4) is 0 Å². The Labute approximate surface area is 133 Å². The van der Waals surface area contributed by atoms with Gasteiger partial charge in [-0.25, -0.2) is 9.97 Å². The number of rotatable bonds is 5. The highest BCUT2D eigenvalue weighted by atomic mass is 32.1. The average molecular weight is 320 g/mol. The first-order valence-electron chi connectivity index (χ1n) is 7.54. The predicted octanol–water partition coefficient (Wildman–Crippen LogP) is 1.48. The molecule has 1 aliphatic heterocycles. The number of nitrogens with zero attached hydrogens (tertiary/aromatic N) is 4. The van der Waals surface area contributed by atoms with Crippen molar-refractivity contribution < 1.29 is 9.90 Å². The third-order valence-electron chi connectivity index (χ3n) is 4.03. The molecule has 1 saturated heterocycles. The molecule has 7 heteroatoms. The first kappa shape index (κ1) is 15.2. The van der Waals surface area contributed by atoms with E-state index in [-0.39, 0.29) is 24.9 Å². The third-order valence-corrected chi connectivity index (χ3v) is 4.66. The Bertz CT molecular complexity index is 611. The monoisotopic (exact) mass is 320 g/mol. The molecule has 3 heterocycles. The van der Waals surface area contributed by atoms with E-state index >= 15 is 0 Å². The highest BCUT2D eigenvalue weighted by molar-refractivity contribution is 7.07. The number of aliphatic hydroxyl groups excluding tert-OH is 1. The van der Waals surface area contributed by atoms with Crippen LogP contribution < -0.4 is 0 Å². The highest BCUT2D eigenvalue weighted by Gasteiger charge is 2.27. The number of aromatic nitrogens is 3. The maximum atomic E-state index is 12.0. The Kier molecular flexibility index (Phi) is 4.84. The van der Waals surface area contributed by atoms with Crippen molar-refractivity contribution in [3.05, 3.63) is 34.8 Å². The molecule has 0 saturated carbocycles. The van der Waals surface area contributed by atoms with E-state index in [9.17, 15) is 4.79 Å². The molecular weight excluding hydrogens is 300 g/mol. The van der Waals surface area contributed by atoms with Gasteiger partial charge >= 0.3 is 0 Å². The molecule has 2 aromatic rings. The second kappa shape index (κ2) is 7.02. The van der Waals surface area contributed by atoms with Crippen LogP contribution in [0.5, 0.6) is 0 Å². The van der Waals surface area contributed by atoms with Crippen LogP contribution in [0.4, 0.5) is 0 Å². The summed E-state index contributed by atoms with van der Waals surface area (Å²) >= 11 is 1.59. The third kappa shape index (κ3) is 3.36. The van der Waals surface area contributed by atoms with Crippen LogP contribution in [0.2, 0.25) is 0 Å². The molecule has 0 unspecified atom stereocenters. The number of hydrogen-bond donors (Lipinski definition) is 1. The van der Waals surface area contributed by atoms with Gasteiger partial charge in [0.15, 0.2) is 0 Å². The average Bonchev–Trinajstić information content (AvgIpc) is 3.20. The SMILES string of the molecule is O=C(CCO)N1CCC[C@@H](c2nccn2Cc2cscn2)C1. The summed E-state index contributed by atoms with van der Waals surface area (Å²) in [7, 11) is 0. The number of amides is 1. The fourth-order valence-electron chi connectivity index (χ4n) is 2.97. The van der Waals surface area contributed by atoms with Gasteiger partial charge < -0.3 is 14.6 Å². The van der Waals surface area contributed by atoms with Crippen molar-refractivity contribution >= 4 is 17.2 Å². The van der Waals surface area contributed by atoms with Crippen LogP contribution in [-0.4, -0.2) is 50.1 Å². The zero-order valence-corrected chi connectivity index (χ0v) is 13.2. The molecule has 2 aromatic heterocycles. The van der Waals surface area contributed by atoms with Crippen LogP contribution >= 0.6 is 11.3 Å². The van der Waals surface area contributed by atoms with E-state index in [1.807, 2.05) is 28.2 Å². The maximum Gasteiger partial charge on any atom is 0.224 e. The van der Waals surface area contributed by atoms with Gasteiger partial charge in [0.2, 0.25) is 5.91 Å². The van der Waals surface area contributed by atoms with Crippen molar-refractivity contribution in [3.63, 3.8) is 0 Å². The van der Waals surface area contributed by atoms with Crippen molar-refractivity contribution in [2.24, 2.45) is 0 Å². The number of piperidine rings is 1. The minimum atomic E-state index is -0.0849. The molecule has 1 N–H and O–H groups in total. The minimum absolute atomic E-state index is 0.0322. The normalized spacial score (nSPS) is 18.6. The standard InChI is InChI=1S/C15H20N4O2S/c20-7-3-14(21)18-5-1-2-12(8-18)15-16-4-6-19(15)9-13-10-22-11-17-13/h4,6,10-12,20H,1-3,5,7-9H2/t12-/m1/s1. The fraction of sp³-hybridized carbons (Fsp3) is 0.533. The first-order valence-corrected chi connectivity index (χ1v) is 8.49. The zero-order chi connectivity index (χ0) is 15.4. The number of likely N-dealkylation sites (tertiary alicyclic amines) is 1. The van der Waals surface area contributed by atoms with E-state index in [1.165, 1.54) is 0 Å². The van der Waals surface area contributed by atoms with E-state index in [2.05, 4.69) is 14.5 Å². The van der Waals surface area contributed by atoms with E-state index in [1.54, 1.807) is 11.3 Å². The van der Waals surface area contributed by atoms with Gasteiger partial charge in [0.05, 0.1) is 24.4 Å². The Hall–Kier alpha value is -1.73. The Morgan fingerprint density at radius 3 is 3.14 bits per heavy atom. The molecule has 0 radical (unpaired) electrons. The lowest BCUT2D eigenvalue weighted by Crippen LogP contribution is -2.40. The molecule has 1 amide bonds. The molecule has 0 aromatic carbocycles. The number of aliphatic hydroxyl groups is 1. The smallest absolute Gasteiger partial charge is 0.224 e. The van der Waals surface area contributed by atoms with Crippen molar-refractivity contribution in [2.75, 3.05) is 19.7 Å². The molecule has 6 nitrogen and oxygen atoms in total. The molecule has 1 aliphatic rings. The number of thiazole rings is 1. The van der Waals surface area contributed by atoms with Crippen LogP contribution in [0.25, 0.3) is 0 Å². The lowest BCUT2D eigenvalue weighted by Gasteiger charge is -2.32. The fourth-order valence-corrected chi connectivity index (χ4v) is 3.52. The number of hydrogen-bond acceptors (Lipinski definition) is 5. The molecule has 0 bridgehead atoms. The first-order chi connectivity index (χ1) is 10.8. The van der Waals surface area contributed by atoms with Crippen LogP contribution in [0, 0.1) is 0 Å². The lowest BCUT2D eigenvalue weighted by atomic mass is 9.97. The summed E-state index contributed by atoms with van der Waals surface area (Å²) in [5.74, 6) is 1.31. The van der Waals surface area contributed by atoms with E-state index < -0.39 is 0 Å². The molecule has 118 valence electrons. The van der Waals surface area contributed by atoms with Gasteiger partial charge in [0.1, 0.15) is 5.82 Å². The lowest BCUT2D eigenvalue weighted by molar-refractivity contribution is -0.133. The summed E-state index contributed by atoms with van der Waals surface area (Å²) in [4.78, 5) is 22.7. The molecule has 1 fully saturated rings. The summed E-state index contributed by atoms with van der Waals surface area (Å²) in [5, 5.41) is 11.0. The van der Waals surface area contributed by atoms with Crippen molar-refractivity contribution in [1.29, 1.82) is 0 Å². The van der Waals surface area contributed by atoms with Gasteiger partial charge in [0, 0.05) is 43.2 Å². The highest BCUT2D eigenvalue weighted by Crippen LogP contribution is 2.26. The summed E-state index contributed by atoms with van der Waals surface area (Å²) in [6.45, 7) is 2.10. The summed E-state index contributed by atoms with van der Waals surface area (Å²) < 4.78 is 2.12. The molecule has 1 atom stereocenters. The predicted molar refractivity (Wildman–Crippen MR) is 83.7 cm³/mol. The van der Waals surface area contributed by atoms with E-state index in [0.717, 1.165) is 37.4 Å². The van der Waals surface area contributed by atoms with Crippen molar-refractivity contribution in [2.45, 2.75) is 31.7 Å². The molecule has 0 spiro atoms. The quantitative estimate of drug-likeness (QED) is 0.906. The molecule has 0 aliphatic carbocycles. The summed E-state index contributed by atoms with van der Waals surface area (Å²) in [6.07, 6.45) is 6.02. The maximum absolute atomic E-state index is 12.0. The van der Waals surface area contributed by atoms with Gasteiger partial charge in [-0.3, -0.25) is 4.79 Å². The zero-order valence-electron chi connectivity index (χ0n) is 12.4. The number of imidazole rings is 1. The number of carbonyl (C=O) groups is 1. The largest absolute Gasteiger partial charge is 0.396 e. The molecule has 3 rings (SSSR count). The van der Waals surface area contributed by atoms with Crippen molar-refractivity contribution in [1.82, 2.24) is 19.4 Å². The second-order valence-corrected chi connectivity index (χ2v) is 6.26. The van der Waals surface area contributed by atoms with E-state index in [4.69, 9.17) is 5.11 Å². The summed E-state index contributed by atoms with van der Waals surface area (Å²) in [5.41, 5.74) is 2.87. The Morgan fingerprint density at radius 1 is 1.45 bits per heavy atom. The van der Waals surface area contributed by atoms with Gasteiger partial charge in [-0.2, -0.15) is 0 Å². The van der Waals surface area contributed by atoms with Crippen LogP contribution in [0.15, 0.2) is 23.3 Å². The van der Waals surface area contributed by atoms with Gasteiger partial charge in [-0.05, 0) is 12.8 Å². The van der Waals surface area contributed by atoms with E-state index in [0.29, 0.717) is 6.54 Å². The Balaban J connectivity index is 1.71. The molecule has 22 heavy (non-hydrogen) atoms. The number of carbonyl (C=O) groups excluding carboxylic acids is 1. The van der Waals surface area contributed by atoms with Crippen LogP contribution in [0.1, 0.15) is 36.7 Å². The summed E-state index contributed by atoms with van der Waals surface area (Å²) in [6, 6.07) is 0. The second-order valence-electron chi connectivity index (χ2n) is 5.55. The topological polar surface area (TPSA) is 71.2 Å². The van der Waals surface area contributed by atoms with Gasteiger partial charge in [-0.1, -0.05) is 0 Å². The van der Waals surface area contributed by atoms with Gasteiger partial charge in [-0.15, -0.1) is 11.3 Å².